The maximum absolute atomic E-state index is 12.1. The van der Waals surface area contributed by atoms with E-state index in [1.807, 2.05) is 12.1 Å². The van der Waals surface area contributed by atoms with Gasteiger partial charge in [-0.05, 0) is 49.4 Å². The van der Waals surface area contributed by atoms with E-state index in [0.717, 1.165) is 31.5 Å². The molecule has 1 amide bonds. The molecule has 1 fully saturated rings. The summed E-state index contributed by atoms with van der Waals surface area (Å²) < 4.78 is 5.36. The maximum Gasteiger partial charge on any atom is 0.413 e. The van der Waals surface area contributed by atoms with E-state index in [1.54, 1.807) is 19.9 Å². The van der Waals surface area contributed by atoms with Gasteiger partial charge >= 0.3 is 12.1 Å². The van der Waals surface area contributed by atoms with E-state index in [2.05, 4.69) is 23.6 Å². The molecule has 3 N–H and O–H groups in total. The summed E-state index contributed by atoms with van der Waals surface area (Å²) in [5.41, 5.74) is 1.19. The predicted molar refractivity (Wildman–Crippen MR) is 101 cm³/mol. The highest BCUT2D eigenvalue weighted by Crippen LogP contribution is 2.35. The topological polar surface area (TPSA) is 87.7 Å². The number of hydrogen-bond donors (Lipinski definition) is 3. The largest absolute Gasteiger partial charge is 0.480 e. The van der Waals surface area contributed by atoms with Gasteiger partial charge in [0.1, 0.15) is 11.8 Å². The highest BCUT2D eigenvalue weighted by Gasteiger charge is 2.31. The summed E-state index contributed by atoms with van der Waals surface area (Å²) in [6.07, 6.45) is 3.70. The molecule has 1 unspecified atom stereocenters. The lowest BCUT2D eigenvalue weighted by atomic mass is 9.74. The zero-order valence-electron chi connectivity index (χ0n) is 15.9. The molecule has 1 aliphatic rings. The van der Waals surface area contributed by atoms with Crippen molar-refractivity contribution in [1.29, 1.82) is 0 Å². The van der Waals surface area contributed by atoms with Crippen LogP contribution in [0, 0.1) is 5.92 Å². The number of ether oxygens (including phenoxy) is 1. The van der Waals surface area contributed by atoms with E-state index >= 15 is 0 Å². The molecule has 0 bridgehead atoms. The van der Waals surface area contributed by atoms with Crippen LogP contribution in [0.15, 0.2) is 24.3 Å². The minimum Gasteiger partial charge on any atom is -0.480 e. The monoisotopic (exact) mass is 362 g/mol. The highest BCUT2D eigenvalue weighted by atomic mass is 16.6. The zero-order valence-corrected chi connectivity index (χ0v) is 15.9. The lowest BCUT2D eigenvalue weighted by Gasteiger charge is -2.32. The average Bonchev–Trinajstić information content (AvgIpc) is 2.86. The van der Waals surface area contributed by atoms with Gasteiger partial charge in [0, 0.05) is 12.0 Å². The summed E-state index contributed by atoms with van der Waals surface area (Å²) in [7, 11) is 0. The SMILES string of the molecule is CCC1(c2cccc(OC(=O)N[C@H](C(=O)O)C(C)C)c2)CCCCNC1. The van der Waals surface area contributed by atoms with Crippen LogP contribution in [0.3, 0.4) is 0 Å². The molecule has 0 radical (unpaired) electrons. The van der Waals surface area contributed by atoms with Gasteiger partial charge in [0.2, 0.25) is 0 Å². The third kappa shape index (κ3) is 4.97. The Morgan fingerprint density at radius 2 is 2.12 bits per heavy atom. The minimum absolute atomic E-state index is 0.0356. The third-order valence-electron chi connectivity index (χ3n) is 5.26. The van der Waals surface area contributed by atoms with E-state index in [1.165, 1.54) is 12.8 Å². The van der Waals surface area contributed by atoms with Gasteiger partial charge in [-0.3, -0.25) is 0 Å². The van der Waals surface area contributed by atoms with E-state index in [9.17, 15) is 14.7 Å². The average molecular weight is 362 g/mol. The number of amides is 1. The van der Waals surface area contributed by atoms with E-state index in [-0.39, 0.29) is 11.3 Å². The van der Waals surface area contributed by atoms with Gasteiger partial charge in [-0.2, -0.15) is 0 Å². The van der Waals surface area contributed by atoms with Gasteiger partial charge in [-0.25, -0.2) is 9.59 Å². The number of carboxylic acid groups (broad SMARTS) is 1. The summed E-state index contributed by atoms with van der Waals surface area (Å²) in [6, 6.07) is 6.62. The quantitative estimate of drug-likeness (QED) is 0.723. The predicted octanol–water partition coefficient (Wildman–Crippen LogP) is 3.31. The first-order chi connectivity index (χ1) is 12.4. The Morgan fingerprint density at radius 3 is 2.77 bits per heavy atom. The van der Waals surface area contributed by atoms with Crippen LogP contribution in [0.25, 0.3) is 0 Å². The van der Waals surface area contributed by atoms with Crippen molar-refractivity contribution in [3.63, 3.8) is 0 Å². The molecule has 144 valence electrons. The summed E-state index contributed by atoms with van der Waals surface area (Å²) in [5.74, 6) is -0.864. The Balaban J connectivity index is 2.13. The zero-order chi connectivity index (χ0) is 19.2. The van der Waals surface area contributed by atoms with Gasteiger partial charge in [-0.15, -0.1) is 0 Å². The molecule has 2 rings (SSSR count). The molecule has 1 aromatic rings. The molecule has 1 aromatic carbocycles. The van der Waals surface area contributed by atoms with Crippen LogP contribution in [0.1, 0.15) is 52.0 Å². The number of hydrogen-bond acceptors (Lipinski definition) is 4. The molecule has 6 heteroatoms. The van der Waals surface area contributed by atoms with Crippen molar-refractivity contribution in [2.75, 3.05) is 13.1 Å². The molecule has 26 heavy (non-hydrogen) atoms. The standard InChI is InChI=1S/C20H30N2O4/c1-4-20(10-5-6-11-21-13-20)15-8-7-9-16(12-15)26-19(25)22-17(14(2)3)18(23)24/h7-9,12,14,17,21H,4-6,10-11,13H2,1-3H3,(H,22,25)(H,23,24)/t17-,20?/m0/s1. The van der Waals surface area contributed by atoms with Crippen molar-refractivity contribution in [1.82, 2.24) is 10.6 Å². The fourth-order valence-electron chi connectivity index (χ4n) is 3.55. The second kappa shape index (κ2) is 9.03. The first-order valence-electron chi connectivity index (χ1n) is 9.40. The number of carboxylic acids is 1. The van der Waals surface area contributed by atoms with Gasteiger partial charge < -0.3 is 20.5 Å². The first kappa shape index (κ1) is 20.2. The van der Waals surface area contributed by atoms with Crippen molar-refractivity contribution in [3.8, 4) is 5.75 Å². The molecule has 0 spiro atoms. The van der Waals surface area contributed by atoms with Gasteiger partial charge in [0.05, 0.1) is 0 Å². The Morgan fingerprint density at radius 1 is 1.35 bits per heavy atom. The van der Waals surface area contributed by atoms with Gasteiger partial charge in [0.15, 0.2) is 0 Å². The van der Waals surface area contributed by atoms with E-state index in [0.29, 0.717) is 5.75 Å². The Labute approximate surface area is 155 Å². The van der Waals surface area contributed by atoms with Gasteiger partial charge in [-0.1, -0.05) is 39.3 Å². The van der Waals surface area contributed by atoms with Crippen LogP contribution >= 0.6 is 0 Å². The minimum atomic E-state index is -1.07. The van der Waals surface area contributed by atoms with Crippen molar-refractivity contribution in [3.05, 3.63) is 29.8 Å². The van der Waals surface area contributed by atoms with Crippen molar-refractivity contribution in [2.45, 2.75) is 57.9 Å². The van der Waals surface area contributed by atoms with Crippen LogP contribution < -0.4 is 15.4 Å². The van der Waals surface area contributed by atoms with Crippen LogP contribution in [-0.2, 0) is 10.2 Å². The number of nitrogens with one attached hydrogen (secondary N) is 2. The summed E-state index contributed by atoms with van der Waals surface area (Å²) in [4.78, 5) is 23.3. The summed E-state index contributed by atoms with van der Waals surface area (Å²) in [6.45, 7) is 7.61. The van der Waals surface area contributed by atoms with E-state index in [4.69, 9.17) is 4.74 Å². The fourth-order valence-corrected chi connectivity index (χ4v) is 3.55. The Bertz CT molecular complexity index is 622. The molecular weight excluding hydrogens is 332 g/mol. The van der Waals surface area contributed by atoms with Crippen LogP contribution in [0.4, 0.5) is 4.79 Å². The molecule has 1 aliphatic heterocycles. The maximum atomic E-state index is 12.1. The van der Waals surface area contributed by atoms with Crippen molar-refractivity contribution >= 4 is 12.1 Å². The molecule has 0 aromatic heterocycles. The highest BCUT2D eigenvalue weighted by molar-refractivity contribution is 5.81. The first-order valence-corrected chi connectivity index (χ1v) is 9.40. The lowest BCUT2D eigenvalue weighted by molar-refractivity contribution is -0.140. The van der Waals surface area contributed by atoms with Crippen molar-refractivity contribution < 1.29 is 19.4 Å². The molecule has 2 atom stereocenters. The normalized spacial score (nSPS) is 21.7. The Hall–Kier alpha value is -2.08. The molecule has 1 saturated heterocycles. The molecule has 0 saturated carbocycles. The molecule has 6 nitrogen and oxygen atoms in total. The van der Waals surface area contributed by atoms with Crippen LogP contribution in [0.2, 0.25) is 0 Å². The summed E-state index contributed by atoms with van der Waals surface area (Å²) >= 11 is 0. The van der Waals surface area contributed by atoms with Crippen LogP contribution in [-0.4, -0.2) is 36.3 Å². The molecular formula is C20H30N2O4. The summed E-state index contributed by atoms with van der Waals surface area (Å²) in [5, 5.41) is 15.1. The van der Waals surface area contributed by atoms with E-state index < -0.39 is 18.1 Å². The number of carbonyl (C=O) groups excluding carboxylic acids is 1. The fraction of sp³-hybridized carbons (Fsp3) is 0.600. The second-order valence-corrected chi connectivity index (χ2v) is 7.39. The van der Waals surface area contributed by atoms with Gasteiger partial charge in [0.25, 0.3) is 0 Å². The molecule has 1 heterocycles. The lowest BCUT2D eigenvalue weighted by Crippen LogP contribution is -2.45. The third-order valence-corrected chi connectivity index (χ3v) is 5.26. The number of aliphatic carboxylic acids is 1. The van der Waals surface area contributed by atoms with Crippen molar-refractivity contribution in [2.24, 2.45) is 5.92 Å². The smallest absolute Gasteiger partial charge is 0.413 e. The number of rotatable bonds is 6. The molecule has 0 aliphatic carbocycles. The Kier molecular flexibility index (Phi) is 7.03. The van der Waals surface area contributed by atoms with Crippen LogP contribution in [0.5, 0.6) is 5.75 Å². The second-order valence-electron chi connectivity index (χ2n) is 7.39. The number of benzene rings is 1. The number of carbonyl (C=O) groups is 2.